The molecule has 0 spiro atoms. The predicted molar refractivity (Wildman–Crippen MR) is 85.9 cm³/mol. The van der Waals surface area contributed by atoms with Gasteiger partial charge in [-0.3, -0.25) is 4.79 Å². The second-order valence-electron chi connectivity index (χ2n) is 4.69. The van der Waals surface area contributed by atoms with E-state index in [9.17, 15) is 18.0 Å². The number of amides is 1. The summed E-state index contributed by atoms with van der Waals surface area (Å²) in [5.41, 5.74) is -0.127. The Balaban J connectivity index is 2.96. The Morgan fingerprint density at radius 2 is 2.00 bits per heavy atom. The molecule has 7 nitrogen and oxygen atoms in total. The highest BCUT2D eigenvalue weighted by molar-refractivity contribution is 7.89. The number of sulfonamides is 1. The van der Waals surface area contributed by atoms with Crippen LogP contribution >= 0.6 is 11.6 Å². The van der Waals surface area contributed by atoms with Crippen LogP contribution in [0.1, 0.15) is 30.6 Å². The molecule has 0 aliphatic rings. The molecule has 1 rings (SSSR count). The van der Waals surface area contributed by atoms with E-state index in [1.807, 2.05) is 6.92 Å². The van der Waals surface area contributed by atoms with Crippen molar-refractivity contribution in [3.8, 4) is 0 Å². The maximum absolute atomic E-state index is 12.1. The van der Waals surface area contributed by atoms with Gasteiger partial charge in [-0.05, 0) is 38.6 Å². The first-order chi connectivity index (χ1) is 10.7. The number of nitrogens with one attached hydrogen (secondary N) is 2. The Morgan fingerprint density at radius 3 is 2.57 bits per heavy atom. The topological polar surface area (TPSA) is 102 Å². The van der Waals surface area contributed by atoms with Gasteiger partial charge in [0.2, 0.25) is 10.0 Å². The Bertz CT molecular complexity index is 690. The Morgan fingerprint density at radius 1 is 1.35 bits per heavy atom. The zero-order chi connectivity index (χ0) is 17.6. The van der Waals surface area contributed by atoms with Crippen LogP contribution in [-0.2, 0) is 19.6 Å². The molecule has 2 N–H and O–H groups in total. The number of halogens is 1. The van der Waals surface area contributed by atoms with E-state index in [0.29, 0.717) is 6.54 Å². The molecule has 1 atom stereocenters. The van der Waals surface area contributed by atoms with Crippen LogP contribution in [0.15, 0.2) is 23.1 Å². The molecule has 0 bridgehead atoms. The quantitative estimate of drug-likeness (QED) is 0.712. The van der Waals surface area contributed by atoms with Gasteiger partial charge < -0.3 is 10.1 Å². The molecule has 1 amide bonds. The maximum Gasteiger partial charge on any atom is 0.340 e. The molecule has 0 aliphatic heterocycles. The number of hydrogen-bond donors (Lipinski definition) is 2. The van der Waals surface area contributed by atoms with E-state index in [2.05, 4.69) is 10.0 Å². The number of rotatable bonds is 7. The molecule has 23 heavy (non-hydrogen) atoms. The highest BCUT2D eigenvalue weighted by Crippen LogP contribution is 2.21. The van der Waals surface area contributed by atoms with Crippen molar-refractivity contribution in [2.24, 2.45) is 0 Å². The van der Waals surface area contributed by atoms with Crippen molar-refractivity contribution in [2.75, 3.05) is 13.6 Å². The first-order valence-corrected chi connectivity index (χ1v) is 8.80. The second kappa shape index (κ2) is 8.28. The van der Waals surface area contributed by atoms with Crippen LogP contribution in [0.25, 0.3) is 0 Å². The fourth-order valence-corrected chi connectivity index (χ4v) is 2.57. The van der Waals surface area contributed by atoms with E-state index in [1.54, 1.807) is 0 Å². The number of ether oxygens (including phenoxy) is 1. The molecule has 9 heteroatoms. The Hall–Kier alpha value is -1.64. The molecule has 0 fully saturated rings. The third-order valence-electron chi connectivity index (χ3n) is 2.94. The number of carbonyl (C=O) groups is 2. The van der Waals surface area contributed by atoms with Gasteiger partial charge in [-0.2, -0.15) is 0 Å². The Labute approximate surface area is 140 Å². The van der Waals surface area contributed by atoms with Gasteiger partial charge in [-0.1, -0.05) is 18.5 Å². The molecule has 0 saturated carbocycles. The van der Waals surface area contributed by atoms with E-state index in [-0.39, 0.29) is 15.5 Å². The lowest BCUT2D eigenvalue weighted by molar-refractivity contribution is -0.129. The predicted octanol–water partition coefficient (Wildman–Crippen LogP) is 1.32. The SMILES string of the molecule is CCCNC(=O)[C@@H](C)OC(=O)c1cc(S(=O)(=O)NC)ccc1Cl. The fraction of sp³-hybridized carbons (Fsp3) is 0.429. The largest absolute Gasteiger partial charge is 0.449 e. The van der Waals surface area contributed by atoms with Gasteiger partial charge in [0.1, 0.15) is 0 Å². The molecular formula is C14H19ClN2O5S. The average molecular weight is 363 g/mol. The average Bonchev–Trinajstić information content (AvgIpc) is 2.52. The number of esters is 1. The van der Waals surface area contributed by atoms with Crippen LogP contribution in [0.2, 0.25) is 5.02 Å². The minimum absolute atomic E-state index is 0.0335. The summed E-state index contributed by atoms with van der Waals surface area (Å²) in [5.74, 6) is -1.31. The van der Waals surface area contributed by atoms with Crippen molar-refractivity contribution >= 4 is 33.5 Å². The molecule has 0 heterocycles. The smallest absolute Gasteiger partial charge is 0.340 e. The van der Waals surface area contributed by atoms with Crippen LogP contribution in [0, 0.1) is 0 Å². The van der Waals surface area contributed by atoms with Crippen LogP contribution in [0.3, 0.4) is 0 Å². The molecule has 0 unspecified atom stereocenters. The highest BCUT2D eigenvalue weighted by atomic mass is 35.5. The minimum Gasteiger partial charge on any atom is -0.449 e. The molecule has 0 saturated heterocycles. The van der Waals surface area contributed by atoms with Gasteiger partial charge in [0.05, 0.1) is 15.5 Å². The summed E-state index contributed by atoms with van der Waals surface area (Å²) >= 11 is 5.91. The van der Waals surface area contributed by atoms with Gasteiger partial charge in [0.25, 0.3) is 5.91 Å². The number of benzene rings is 1. The van der Waals surface area contributed by atoms with Gasteiger partial charge in [-0.25, -0.2) is 17.9 Å². The molecule has 1 aromatic rings. The molecule has 1 aromatic carbocycles. The van der Waals surface area contributed by atoms with Crippen molar-refractivity contribution in [1.82, 2.24) is 10.0 Å². The van der Waals surface area contributed by atoms with Gasteiger partial charge in [0.15, 0.2) is 6.10 Å². The van der Waals surface area contributed by atoms with Crippen molar-refractivity contribution in [3.05, 3.63) is 28.8 Å². The lowest BCUT2D eigenvalue weighted by Crippen LogP contribution is -2.36. The number of carbonyl (C=O) groups excluding carboxylic acids is 2. The zero-order valence-corrected chi connectivity index (χ0v) is 14.6. The van der Waals surface area contributed by atoms with Crippen molar-refractivity contribution < 1.29 is 22.7 Å². The minimum atomic E-state index is -3.72. The summed E-state index contributed by atoms with van der Waals surface area (Å²) in [6.45, 7) is 3.78. The van der Waals surface area contributed by atoms with Crippen molar-refractivity contribution in [2.45, 2.75) is 31.3 Å². The van der Waals surface area contributed by atoms with E-state index in [0.717, 1.165) is 12.5 Å². The van der Waals surface area contributed by atoms with Gasteiger partial charge in [0, 0.05) is 6.54 Å². The van der Waals surface area contributed by atoms with Gasteiger partial charge in [-0.15, -0.1) is 0 Å². The first-order valence-electron chi connectivity index (χ1n) is 6.94. The van der Waals surface area contributed by atoms with Gasteiger partial charge >= 0.3 is 5.97 Å². The highest BCUT2D eigenvalue weighted by Gasteiger charge is 2.22. The first kappa shape index (κ1) is 19.4. The third-order valence-corrected chi connectivity index (χ3v) is 4.68. The standard InChI is InChI=1S/C14H19ClN2O5S/c1-4-7-17-13(18)9(2)22-14(19)11-8-10(5-6-12(11)15)23(20,21)16-3/h5-6,8-9,16H,4,7H2,1-3H3,(H,17,18)/t9-/m1/s1. The molecule has 0 radical (unpaired) electrons. The summed E-state index contributed by atoms with van der Waals surface area (Å²) in [7, 11) is -2.47. The van der Waals surface area contributed by atoms with Crippen molar-refractivity contribution in [1.29, 1.82) is 0 Å². The van der Waals surface area contributed by atoms with Crippen molar-refractivity contribution in [3.63, 3.8) is 0 Å². The lowest BCUT2D eigenvalue weighted by atomic mass is 10.2. The third kappa shape index (κ3) is 5.19. The van der Waals surface area contributed by atoms with E-state index in [4.69, 9.17) is 16.3 Å². The summed E-state index contributed by atoms with van der Waals surface area (Å²) in [4.78, 5) is 23.7. The fourth-order valence-electron chi connectivity index (χ4n) is 1.62. The monoisotopic (exact) mass is 362 g/mol. The normalized spacial score (nSPS) is 12.5. The number of hydrogen-bond acceptors (Lipinski definition) is 5. The van der Waals surface area contributed by atoms with E-state index < -0.39 is 28.0 Å². The summed E-state index contributed by atoms with van der Waals surface area (Å²) in [5, 5.41) is 2.63. The molecular weight excluding hydrogens is 344 g/mol. The second-order valence-corrected chi connectivity index (χ2v) is 6.98. The summed E-state index contributed by atoms with van der Waals surface area (Å²) in [6, 6.07) is 3.65. The van der Waals surface area contributed by atoms with E-state index >= 15 is 0 Å². The molecule has 0 aliphatic carbocycles. The van der Waals surface area contributed by atoms with Crippen LogP contribution in [0.4, 0.5) is 0 Å². The van der Waals surface area contributed by atoms with Crippen LogP contribution < -0.4 is 10.0 Å². The molecule has 0 aromatic heterocycles. The lowest BCUT2D eigenvalue weighted by Gasteiger charge is -2.14. The van der Waals surface area contributed by atoms with Crippen LogP contribution in [0.5, 0.6) is 0 Å². The molecule has 128 valence electrons. The van der Waals surface area contributed by atoms with Crippen LogP contribution in [-0.4, -0.2) is 40.0 Å². The summed E-state index contributed by atoms with van der Waals surface area (Å²) < 4.78 is 30.7. The summed E-state index contributed by atoms with van der Waals surface area (Å²) in [6.07, 6.45) is -0.267. The maximum atomic E-state index is 12.1. The Kier molecular flexibility index (Phi) is 6.99. The van der Waals surface area contributed by atoms with E-state index in [1.165, 1.54) is 26.1 Å². The zero-order valence-electron chi connectivity index (χ0n) is 13.1.